The summed E-state index contributed by atoms with van der Waals surface area (Å²) in [6.45, 7) is 2.00. The second kappa shape index (κ2) is 12.6. The second-order valence-electron chi connectivity index (χ2n) is 9.77. The monoisotopic (exact) mass is 564 g/mol. The molecule has 204 valence electrons. The summed E-state index contributed by atoms with van der Waals surface area (Å²) in [7, 11) is 1.56. The minimum Gasteiger partial charge on any atom is -0.497 e. The van der Waals surface area contributed by atoms with Crippen LogP contribution in [0.5, 0.6) is 5.75 Å². The lowest BCUT2D eigenvalue weighted by molar-refractivity contribution is -0.141. The molecule has 1 atom stereocenters. The maximum absolute atomic E-state index is 13.9. The van der Waals surface area contributed by atoms with Gasteiger partial charge in [-0.15, -0.1) is 11.8 Å². The predicted octanol–water partition coefficient (Wildman–Crippen LogP) is 6.34. The lowest BCUT2D eigenvalue weighted by atomic mass is 9.71. The average molecular weight is 565 g/mol. The summed E-state index contributed by atoms with van der Waals surface area (Å²) in [6, 6.07) is 9.24. The summed E-state index contributed by atoms with van der Waals surface area (Å²) in [6.07, 6.45) is 2.83. The van der Waals surface area contributed by atoms with E-state index in [0.717, 1.165) is 11.8 Å². The predicted molar refractivity (Wildman–Crippen MR) is 145 cm³/mol. The first-order valence-corrected chi connectivity index (χ1v) is 13.9. The quantitative estimate of drug-likeness (QED) is 0.263. The Labute approximate surface area is 230 Å². The lowest BCUT2D eigenvalue weighted by Crippen LogP contribution is -2.42. The standard InChI is InChI=1S/C28H31ClF2N2O4S/c1-37-18-5-6-23-19(15-18)26(20(29)17-32-23)24(34)7-8-28(16-25(35)36)9-11-33(12-10-28)13-14-38-27-21(30)3-2-4-22(27)31/h2-6,15,17,24,34H,7-14,16H2,1H3,(H,35,36). The lowest BCUT2D eigenvalue weighted by Gasteiger charge is -2.41. The van der Waals surface area contributed by atoms with E-state index in [1.807, 2.05) is 0 Å². The summed E-state index contributed by atoms with van der Waals surface area (Å²) in [5, 5.41) is 21.9. The van der Waals surface area contributed by atoms with Crippen LogP contribution in [0.15, 0.2) is 47.5 Å². The topological polar surface area (TPSA) is 82.9 Å². The number of fused-ring (bicyclic) bond motifs is 1. The highest BCUT2D eigenvalue weighted by Crippen LogP contribution is 2.43. The number of rotatable bonds is 11. The summed E-state index contributed by atoms with van der Waals surface area (Å²) in [5.74, 6) is -0.836. The van der Waals surface area contributed by atoms with Crippen molar-refractivity contribution in [1.29, 1.82) is 0 Å². The van der Waals surface area contributed by atoms with Gasteiger partial charge in [0.2, 0.25) is 0 Å². The van der Waals surface area contributed by atoms with Gasteiger partial charge in [-0.3, -0.25) is 9.78 Å². The van der Waals surface area contributed by atoms with Gasteiger partial charge >= 0.3 is 5.97 Å². The van der Waals surface area contributed by atoms with Crippen molar-refractivity contribution in [1.82, 2.24) is 9.88 Å². The smallest absolute Gasteiger partial charge is 0.303 e. The summed E-state index contributed by atoms with van der Waals surface area (Å²) in [4.78, 5) is 18.3. The minimum absolute atomic E-state index is 0.0153. The molecule has 4 rings (SSSR count). The zero-order chi connectivity index (χ0) is 27.3. The fraction of sp³-hybridized carbons (Fsp3) is 0.429. The maximum atomic E-state index is 13.9. The molecule has 1 unspecified atom stereocenters. The Morgan fingerprint density at radius 2 is 1.95 bits per heavy atom. The number of hydrogen-bond donors (Lipinski definition) is 2. The molecule has 0 saturated carbocycles. The zero-order valence-corrected chi connectivity index (χ0v) is 22.7. The van der Waals surface area contributed by atoms with Gasteiger partial charge in [-0.25, -0.2) is 8.78 Å². The number of nitrogens with zero attached hydrogens (tertiary/aromatic N) is 2. The van der Waals surface area contributed by atoms with Crippen LogP contribution in [-0.4, -0.2) is 58.6 Å². The highest BCUT2D eigenvalue weighted by Gasteiger charge is 2.37. The number of ether oxygens (including phenoxy) is 1. The molecule has 0 amide bonds. The Balaban J connectivity index is 1.39. The molecule has 0 radical (unpaired) electrons. The van der Waals surface area contributed by atoms with Crippen molar-refractivity contribution in [3.63, 3.8) is 0 Å². The Kier molecular flexibility index (Phi) is 9.46. The van der Waals surface area contributed by atoms with Crippen molar-refractivity contribution in [3.05, 3.63) is 64.8 Å². The third-order valence-electron chi connectivity index (χ3n) is 7.37. The number of likely N-dealkylation sites (tertiary alicyclic amines) is 1. The molecule has 1 aromatic heterocycles. The van der Waals surface area contributed by atoms with Crippen LogP contribution in [-0.2, 0) is 4.79 Å². The van der Waals surface area contributed by atoms with E-state index in [0.29, 0.717) is 78.3 Å². The molecule has 6 nitrogen and oxygen atoms in total. The Bertz CT molecular complexity index is 1270. The third-order valence-corrected chi connectivity index (χ3v) is 8.73. The molecule has 0 spiro atoms. The second-order valence-corrected chi connectivity index (χ2v) is 11.3. The third kappa shape index (κ3) is 6.75. The van der Waals surface area contributed by atoms with E-state index in [1.54, 1.807) is 25.3 Å². The summed E-state index contributed by atoms with van der Waals surface area (Å²) < 4.78 is 33.1. The van der Waals surface area contributed by atoms with Gasteiger partial charge < -0.3 is 19.8 Å². The molecule has 3 aromatic rings. The normalized spacial score (nSPS) is 16.4. The molecule has 1 aliphatic heterocycles. The van der Waals surface area contributed by atoms with Crippen molar-refractivity contribution < 1.29 is 28.5 Å². The minimum atomic E-state index is -0.893. The number of aliphatic hydroxyl groups excluding tert-OH is 1. The molecule has 10 heteroatoms. The number of piperidine rings is 1. The molecule has 1 saturated heterocycles. The van der Waals surface area contributed by atoms with Crippen LogP contribution in [0, 0.1) is 17.0 Å². The average Bonchev–Trinajstić information content (AvgIpc) is 2.89. The largest absolute Gasteiger partial charge is 0.497 e. The first-order valence-electron chi connectivity index (χ1n) is 12.5. The number of benzene rings is 2. The fourth-order valence-corrected chi connectivity index (χ4v) is 6.45. The number of methoxy groups -OCH3 is 1. The molecule has 1 aliphatic rings. The number of carboxylic acids is 1. The van der Waals surface area contributed by atoms with Crippen LogP contribution in [0.3, 0.4) is 0 Å². The van der Waals surface area contributed by atoms with Crippen molar-refractivity contribution in [3.8, 4) is 5.75 Å². The van der Waals surface area contributed by atoms with Crippen LogP contribution in [0.1, 0.15) is 43.8 Å². The van der Waals surface area contributed by atoms with Gasteiger partial charge in [-0.2, -0.15) is 0 Å². The molecule has 1 fully saturated rings. The first kappa shape index (κ1) is 28.5. The van der Waals surface area contributed by atoms with E-state index >= 15 is 0 Å². The summed E-state index contributed by atoms with van der Waals surface area (Å²) >= 11 is 7.60. The van der Waals surface area contributed by atoms with Gasteiger partial charge in [0.1, 0.15) is 17.4 Å². The number of aliphatic carboxylic acids is 1. The number of carboxylic acid groups (broad SMARTS) is 1. The van der Waals surface area contributed by atoms with E-state index < -0.39 is 29.1 Å². The van der Waals surface area contributed by atoms with E-state index in [-0.39, 0.29) is 11.3 Å². The van der Waals surface area contributed by atoms with Crippen LogP contribution >= 0.6 is 23.4 Å². The number of hydrogen-bond acceptors (Lipinski definition) is 6. The van der Waals surface area contributed by atoms with Crippen LogP contribution in [0.25, 0.3) is 10.9 Å². The number of carbonyl (C=O) groups is 1. The highest BCUT2D eigenvalue weighted by atomic mass is 35.5. The molecule has 0 bridgehead atoms. The van der Waals surface area contributed by atoms with E-state index in [9.17, 15) is 23.8 Å². The Morgan fingerprint density at radius 3 is 2.61 bits per heavy atom. The van der Waals surface area contributed by atoms with Crippen molar-refractivity contribution in [2.24, 2.45) is 5.41 Å². The van der Waals surface area contributed by atoms with E-state index in [2.05, 4.69) is 9.88 Å². The number of thioether (sulfide) groups is 1. The van der Waals surface area contributed by atoms with Crippen LogP contribution in [0.2, 0.25) is 5.02 Å². The van der Waals surface area contributed by atoms with Gasteiger partial charge in [0.05, 0.1) is 35.1 Å². The molecule has 2 aromatic carbocycles. The SMILES string of the molecule is COc1ccc2ncc(Cl)c(C(O)CCC3(CC(=O)O)CCN(CCSc4c(F)cccc4F)CC3)c2c1. The molecule has 38 heavy (non-hydrogen) atoms. The van der Waals surface area contributed by atoms with E-state index in [4.69, 9.17) is 16.3 Å². The zero-order valence-electron chi connectivity index (χ0n) is 21.1. The molecule has 2 heterocycles. The van der Waals surface area contributed by atoms with Gasteiger partial charge in [-0.1, -0.05) is 17.7 Å². The fourth-order valence-electron chi connectivity index (χ4n) is 5.20. The molecule has 2 N–H and O–H groups in total. The van der Waals surface area contributed by atoms with Crippen molar-refractivity contribution in [2.75, 3.05) is 32.5 Å². The number of aliphatic hydroxyl groups is 1. The van der Waals surface area contributed by atoms with Crippen molar-refractivity contribution in [2.45, 2.75) is 43.1 Å². The highest BCUT2D eigenvalue weighted by molar-refractivity contribution is 7.99. The Morgan fingerprint density at radius 1 is 1.24 bits per heavy atom. The van der Waals surface area contributed by atoms with E-state index in [1.165, 1.54) is 24.4 Å². The number of aromatic nitrogens is 1. The van der Waals surface area contributed by atoms with Gasteiger partial charge in [0.15, 0.2) is 0 Å². The molecule has 0 aliphatic carbocycles. The van der Waals surface area contributed by atoms with Crippen LogP contribution in [0.4, 0.5) is 8.78 Å². The molecular formula is C28H31ClF2N2O4S. The van der Waals surface area contributed by atoms with Gasteiger partial charge in [0, 0.05) is 29.4 Å². The van der Waals surface area contributed by atoms with Crippen LogP contribution < -0.4 is 4.74 Å². The number of pyridine rings is 1. The summed E-state index contributed by atoms with van der Waals surface area (Å²) in [5.41, 5.74) is 0.794. The van der Waals surface area contributed by atoms with Crippen molar-refractivity contribution >= 4 is 40.2 Å². The maximum Gasteiger partial charge on any atom is 0.303 e. The van der Waals surface area contributed by atoms with Gasteiger partial charge in [0.25, 0.3) is 0 Å². The molecular weight excluding hydrogens is 534 g/mol. The van der Waals surface area contributed by atoms with Gasteiger partial charge in [-0.05, 0) is 74.5 Å². The first-order chi connectivity index (χ1) is 18.2. The number of halogens is 3. The Hall–Kier alpha value is -2.46.